The fourth-order valence-electron chi connectivity index (χ4n) is 2.33. The number of carbonyl (C=O) groups is 1. The maximum absolute atomic E-state index is 12.8. The van der Waals surface area contributed by atoms with Crippen molar-refractivity contribution in [2.45, 2.75) is 26.4 Å². The summed E-state index contributed by atoms with van der Waals surface area (Å²) < 4.78 is 1.04. The van der Waals surface area contributed by atoms with E-state index < -0.39 is 0 Å². The van der Waals surface area contributed by atoms with Crippen molar-refractivity contribution in [1.29, 1.82) is 0 Å². The highest BCUT2D eigenvalue weighted by molar-refractivity contribution is 7.16. The Morgan fingerprint density at radius 1 is 1.32 bits per heavy atom. The summed E-state index contributed by atoms with van der Waals surface area (Å²) in [5.74, 6) is 0.0363. The normalized spacial score (nSPS) is 11.0. The first-order chi connectivity index (χ1) is 10.6. The minimum Gasteiger partial charge on any atom is -0.332 e. The molecule has 0 unspecified atom stereocenters. The van der Waals surface area contributed by atoms with Crippen molar-refractivity contribution in [2.24, 2.45) is 0 Å². The molecule has 4 nitrogen and oxygen atoms in total. The Kier molecular flexibility index (Phi) is 4.15. The molecule has 3 rings (SSSR count). The van der Waals surface area contributed by atoms with Gasteiger partial charge >= 0.3 is 0 Å². The van der Waals surface area contributed by atoms with Crippen molar-refractivity contribution >= 4 is 27.5 Å². The van der Waals surface area contributed by atoms with Gasteiger partial charge in [-0.05, 0) is 43.7 Å². The van der Waals surface area contributed by atoms with Crippen LogP contribution in [0.3, 0.4) is 0 Å². The molecule has 112 valence electrons. The number of hydrogen-bond donors (Lipinski definition) is 0. The summed E-state index contributed by atoms with van der Waals surface area (Å²) >= 11 is 1.55. The highest BCUT2D eigenvalue weighted by atomic mass is 32.1. The van der Waals surface area contributed by atoms with Crippen LogP contribution in [0.1, 0.15) is 29.8 Å². The molecule has 2 aromatic heterocycles. The van der Waals surface area contributed by atoms with Crippen LogP contribution in [0.15, 0.2) is 48.2 Å². The molecule has 0 spiro atoms. The molecule has 0 aliphatic carbocycles. The van der Waals surface area contributed by atoms with Gasteiger partial charge in [-0.2, -0.15) is 0 Å². The second-order valence-corrected chi connectivity index (χ2v) is 6.31. The predicted octanol–water partition coefficient (Wildman–Crippen LogP) is 3.74. The summed E-state index contributed by atoms with van der Waals surface area (Å²) in [7, 11) is 0. The van der Waals surface area contributed by atoms with Gasteiger partial charge in [0.25, 0.3) is 5.91 Å². The van der Waals surface area contributed by atoms with E-state index in [4.69, 9.17) is 0 Å². The second-order valence-electron chi connectivity index (χ2n) is 5.42. The molecule has 0 radical (unpaired) electrons. The monoisotopic (exact) mass is 311 g/mol. The maximum atomic E-state index is 12.8. The Morgan fingerprint density at radius 3 is 2.91 bits per heavy atom. The van der Waals surface area contributed by atoms with E-state index in [1.54, 1.807) is 29.2 Å². The Bertz CT molecular complexity index is 783. The first-order valence-corrected chi connectivity index (χ1v) is 8.06. The van der Waals surface area contributed by atoms with E-state index in [0.717, 1.165) is 15.8 Å². The van der Waals surface area contributed by atoms with E-state index in [1.807, 2.05) is 49.1 Å². The summed E-state index contributed by atoms with van der Waals surface area (Å²) in [6, 6.07) is 9.67. The molecular formula is C17H17N3OS. The van der Waals surface area contributed by atoms with Gasteiger partial charge in [0.2, 0.25) is 0 Å². The van der Waals surface area contributed by atoms with Crippen LogP contribution in [-0.2, 0) is 6.54 Å². The molecule has 3 aromatic rings. The number of carbonyl (C=O) groups excluding carboxylic acids is 1. The quantitative estimate of drug-likeness (QED) is 0.737. The molecule has 0 aliphatic heterocycles. The lowest BCUT2D eigenvalue weighted by molar-refractivity contribution is 0.0690. The van der Waals surface area contributed by atoms with Crippen LogP contribution in [0, 0.1) is 0 Å². The lowest BCUT2D eigenvalue weighted by Gasteiger charge is -2.27. The summed E-state index contributed by atoms with van der Waals surface area (Å²) in [6.45, 7) is 4.62. The van der Waals surface area contributed by atoms with Gasteiger partial charge < -0.3 is 4.90 Å². The molecule has 0 aliphatic rings. The van der Waals surface area contributed by atoms with Crippen LogP contribution in [0.5, 0.6) is 0 Å². The van der Waals surface area contributed by atoms with Gasteiger partial charge in [0.15, 0.2) is 0 Å². The number of pyridine rings is 1. The fourth-order valence-corrected chi connectivity index (χ4v) is 3.05. The van der Waals surface area contributed by atoms with E-state index in [-0.39, 0.29) is 11.9 Å². The first-order valence-electron chi connectivity index (χ1n) is 7.18. The summed E-state index contributed by atoms with van der Waals surface area (Å²) in [4.78, 5) is 23.1. The molecular weight excluding hydrogens is 294 g/mol. The smallest absolute Gasteiger partial charge is 0.254 e. The predicted molar refractivity (Wildman–Crippen MR) is 88.9 cm³/mol. The Balaban J connectivity index is 1.88. The van der Waals surface area contributed by atoms with Gasteiger partial charge in [-0.3, -0.25) is 9.78 Å². The van der Waals surface area contributed by atoms with Crippen LogP contribution in [0.2, 0.25) is 0 Å². The van der Waals surface area contributed by atoms with Crippen molar-refractivity contribution in [3.63, 3.8) is 0 Å². The van der Waals surface area contributed by atoms with Crippen molar-refractivity contribution in [1.82, 2.24) is 14.9 Å². The molecule has 0 N–H and O–H groups in total. The summed E-state index contributed by atoms with van der Waals surface area (Å²) in [5, 5.41) is 0. The van der Waals surface area contributed by atoms with Gasteiger partial charge in [-0.25, -0.2) is 4.98 Å². The summed E-state index contributed by atoms with van der Waals surface area (Å²) in [5.41, 5.74) is 4.47. The molecule has 1 amide bonds. The molecule has 1 aromatic carbocycles. The second kappa shape index (κ2) is 6.23. The zero-order valence-corrected chi connectivity index (χ0v) is 13.4. The van der Waals surface area contributed by atoms with Crippen molar-refractivity contribution in [3.05, 3.63) is 59.4 Å². The van der Waals surface area contributed by atoms with Crippen LogP contribution < -0.4 is 0 Å². The zero-order valence-electron chi connectivity index (χ0n) is 12.6. The molecule has 0 saturated heterocycles. The van der Waals surface area contributed by atoms with E-state index in [2.05, 4.69) is 9.97 Å². The van der Waals surface area contributed by atoms with E-state index in [9.17, 15) is 4.79 Å². The molecule has 2 heterocycles. The highest BCUT2D eigenvalue weighted by Gasteiger charge is 2.19. The highest BCUT2D eigenvalue weighted by Crippen LogP contribution is 2.21. The number of benzene rings is 1. The lowest BCUT2D eigenvalue weighted by atomic mass is 10.1. The zero-order chi connectivity index (χ0) is 15.5. The van der Waals surface area contributed by atoms with Crippen LogP contribution >= 0.6 is 11.3 Å². The van der Waals surface area contributed by atoms with Gasteiger partial charge in [0.1, 0.15) is 0 Å². The SMILES string of the molecule is CC(C)N(Cc1cccnc1)C(=O)c1ccc2ncsc2c1. The molecule has 0 bridgehead atoms. The third-order valence-electron chi connectivity index (χ3n) is 3.54. The largest absolute Gasteiger partial charge is 0.332 e. The molecule has 0 saturated carbocycles. The van der Waals surface area contributed by atoms with Gasteiger partial charge in [-0.15, -0.1) is 11.3 Å². The molecule has 0 fully saturated rings. The number of fused-ring (bicyclic) bond motifs is 1. The average molecular weight is 311 g/mol. The van der Waals surface area contributed by atoms with Crippen molar-refractivity contribution < 1.29 is 4.79 Å². The van der Waals surface area contributed by atoms with Gasteiger partial charge in [0.05, 0.1) is 15.7 Å². The third-order valence-corrected chi connectivity index (χ3v) is 4.33. The summed E-state index contributed by atoms with van der Waals surface area (Å²) in [6.07, 6.45) is 3.54. The average Bonchev–Trinajstić information content (AvgIpc) is 3.00. The van der Waals surface area contributed by atoms with Gasteiger partial charge in [0, 0.05) is 30.5 Å². The molecule has 0 atom stereocenters. The first kappa shape index (κ1) is 14.7. The Morgan fingerprint density at radius 2 is 2.18 bits per heavy atom. The number of hydrogen-bond acceptors (Lipinski definition) is 4. The van der Waals surface area contributed by atoms with E-state index >= 15 is 0 Å². The van der Waals surface area contributed by atoms with Crippen molar-refractivity contribution in [3.8, 4) is 0 Å². The minimum atomic E-state index is 0.0363. The van der Waals surface area contributed by atoms with Gasteiger partial charge in [-0.1, -0.05) is 6.07 Å². The van der Waals surface area contributed by atoms with Crippen molar-refractivity contribution in [2.75, 3.05) is 0 Å². The van der Waals surface area contributed by atoms with E-state index in [1.165, 1.54) is 0 Å². The third kappa shape index (κ3) is 2.99. The minimum absolute atomic E-state index is 0.0363. The molecule has 5 heteroatoms. The number of amides is 1. The lowest BCUT2D eigenvalue weighted by Crippen LogP contribution is -2.36. The van der Waals surface area contributed by atoms with Crippen LogP contribution in [0.25, 0.3) is 10.2 Å². The van der Waals surface area contributed by atoms with E-state index in [0.29, 0.717) is 12.1 Å². The fraction of sp³-hybridized carbons (Fsp3) is 0.235. The Hall–Kier alpha value is -2.27. The number of aromatic nitrogens is 2. The number of thiazole rings is 1. The van der Waals surface area contributed by atoms with Crippen LogP contribution in [0.4, 0.5) is 0 Å². The Labute approximate surface area is 133 Å². The maximum Gasteiger partial charge on any atom is 0.254 e. The number of nitrogens with zero attached hydrogens (tertiary/aromatic N) is 3. The standard InChI is InChI=1S/C17H17N3OS/c1-12(2)20(10-13-4-3-7-18-9-13)17(21)14-5-6-15-16(8-14)22-11-19-15/h3-9,11-12H,10H2,1-2H3. The number of rotatable bonds is 4. The topological polar surface area (TPSA) is 46.1 Å². The van der Waals surface area contributed by atoms with Crippen LogP contribution in [-0.4, -0.2) is 26.8 Å². The molecule has 22 heavy (non-hydrogen) atoms.